The van der Waals surface area contributed by atoms with Crippen LogP contribution in [0.4, 0.5) is 11.4 Å². The zero-order valence-corrected chi connectivity index (χ0v) is 11.0. The van der Waals surface area contributed by atoms with Crippen molar-refractivity contribution in [1.29, 1.82) is 0 Å². The molecule has 0 atom stereocenters. The fraction of sp³-hybridized carbons (Fsp3) is 0.250. The van der Waals surface area contributed by atoms with Gasteiger partial charge in [-0.2, -0.15) is 5.10 Å². The van der Waals surface area contributed by atoms with E-state index in [-0.39, 0.29) is 4.90 Å². The zero-order chi connectivity index (χ0) is 13.3. The summed E-state index contributed by atoms with van der Waals surface area (Å²) >= 11 is 0. The summed E-state index contributed by atoms with van der Waals surface area (Å²) < 4.78 is 26.6. The van der Waals surface area contributed by atoms with Gasteiger partial charge in [0.2, 0.25) is 0 Å². The standard InChI is InChI=1S/C12H14N4O2S/c17-19(18,10-8-14-15-9-10)16-7-3-6-13-11-4-1-2-5-12(11)16/h1-2,4-5,8-9,13H,3,6-7H2,(H,14,15). The van der Waals surface area contributed by atoms with Crippen LogP contribution in [0.3, 0.4) is 0 Å². The van der Waals surface area contributed by atoms with E-state index in [2.05, 4.69) is 15.5 Å². The molecule has 1 aliphatic heterocycles. The van der Waals surface area contributed by atoms with Crippen molar-refractivity contribution in [2.24, 2.45) is 0 Å². The molecular formula is C12H14N4O2S. The third kappa shape index (κ3) is 2.06. The van der Waals surface area contributed by atoms with Gasteiger partial charge in [-0.15, -0.1) is 0 Å². The van der Waals surface area contributed by atoms with Gasteiger partial charge >= 0.3 is 0 Å². The molecule has 2 aromatic rings. The molecular weight excluding hydrogens is 264 g/mol. The third-order valence-electron chi connectivity index (χ3n) is 3.09. The van der Waals surface area contributed by atoms with Crippen LogP contribution in [0.5, 0.6) is 0 Å². The number of sulfonamides is 1. The topological polar surface area (TPSA) is 78.1 Å². The lowest BCUT2D eigenvalue weighted by atomic mass is 10.2. The molecule has 0 amide bonds. The van der Waals surface area contributed by atoms with E-state index in [0.717, 1.165) is 18.7 Å². The van der Waals surface area contributed by atoms with Crippen LogP contribution in [0.15, 0.2) is 41.6 Å². The smallest absolute Gasteiger partial charge is 0.267 e. The lowest BCUT2D eigenvalue weighted by molar-refractivity contribution is 0.590. The molecule has 3 rings (SSSR count). The number of anilines is 2. The molecule has 0 aliphatic carbocycles. The average Bonchev–Trinajstić information content (AvgIpc) is 2.86. The molecule has 1 aromatic heterocycles. The molecule has 0 fully saturated rings. The monoisotopic (exact) mass is 278 g/mol. The molecule has 1 aliphatic rings. The summed E-state index contributed by atoms with van der Waals surface area (Å²) in [4.78, 5) is 0.184. The maximum atomic E-state index is 12.6. The highest BCUT2D eigenvalue weighted by atomic mass is 32.2. The summed E-state index contributed by atoms with van der Waals surface area (Å²) in [7, 11) is -3.56. The predicted molar refractivity (Wildman–Crippen MR) is 72.7 cm³/mol. The molecule has 0 spiro atoms. The Bertz CT molecular complexity index is 667. The highest BCUT2D eigenvalue weighted by Crippen LogP contribution is 2.32. The van der Waals surface area contributed by atoms with Crippen LogP contribution >= 0.6 is 0 Å². The summed E-state index contributed by atoms with van der Waals surface area (Å²) in [5.74, 6) is 0. The van der Waals surface area contributed by atoms with E-state index in [9.17, 15) is 8.42 Å². The van der Waals surface area contributed by atoms with Crippen LogP contribution in [0.2, 0.25) is 0 Å². The van der Waals surface area contributed by atoms with Crippen LogP contribution in [0.25, 0.3) is 0 Å². The van der Waals surface area contributed by atoms with Gasteiger partial charge in [0, 0.05) is 19.3 Å². The highest BCUT2D eigenvalue weighted by Gasteiger charge is 2.28. The van der Waals surface area contributed by atoms with Gasteiger partial charge in [0.05, 0.1) is 17.6 Å². The Morgan fingerprint density at radius 3 is 2.89 bits per heavy atom. The van der Waals surface area contributed by atoms with Crippen molar-refractivity contribution in [3.63, 3.8) is 0 Å². The number of H-pyrrole nitrogens is 1. The van der Waals surface area contributed by atoms with Crippen molar-refractivity contribution in [2.75, 3.05) is 22.7 Å². The number of aromatic nitrogens is 2. The maximum absolute atomic E-state index is 12.6. The molecule has 100 valence electrons. The SMILES string of the molecule is O=S(=O)(c1cn[nH]c1)N1CCCNc2ccccc21. The molecule has 6 nitrogen and oxygen atoms in total. The number of fused-ring (bicyclic) bond motifs is 1. The van der Waals surface area contributed by atoms with E-state index in [1.807, 2.05) is 24.3 Å². The van der Waals surface area contributed by atoms with Gasteiger partial charge in [-0.3, -0.25) is 9.40 Å². The molecule has 0 bridgehead atoms. The van der Waals surface area contributed by atoms with Gasteiger partial charge in [-0.05, 0) is 18.6 Å². The van der Waals surface area contributed by atoms with Crippen LogP contribution in [-0.2, 0) is 10.0 Å². The van der Waals surface area contributed by atoms with Crippen LogP contribution in [-0.4, -0.2) is 31.7 Å². The van der Waals surface area contributed by atoms with Crippen molar-refractivity contribution < 1.29 is 8.42 Å². The second kappa shape index (κ2) is 4.58. The van der Waals surface area contributed by atoms with Crippen molar-refractivity contribution in [1.82, 2.24) is 10.2 Å². The number of nitrogens with zero attached hydrogens (tertiary/aromatic N) is 2. The van der Waals surface area contributed by atoms with Crippen LogP contribution in [0.1, 0.15) is 6.42 Å². The maximum Gasteiger partial charge on any atom is 0.267 e. The molecule has 0 radical (unpaired) electrons. The van der Waals surface area contributed by atoms with Crippen molar-refractivity contribution in [2.45, 2.75) is 11.3 Å². The minimum Gasteiger partial charge on any atom is -0.383 e. The lowest BCUT2D eigenvalue weighted by Crippen LogP contribution is -2.31. The second-order valence-electron chi connectivity index (χ2n) is 4.31. The van der Waals surface area contributed by atoms with Crippen molar-refractivity contribution in [3.05, 3.63) is 36.7 Å². The quantitative estimate of drug-likeness (QED) is 0.871. The first-order valence-corrected chi connectivity index (χ1v) is 7.48. The van der Waals surface area contributed by atoms with Crippen LogP contribution in [0, 0.1) is 0 Å². The van der Waals surface area contributed by atoms with Crippen LogP contribution < -0.4 is 9.62 Å². The van der Waals surface area contributed by atoms with Crippen molar-refractivity contribution in [3.8, 4) is 0 Å². The Labute approximate surface area is 111 Å². The summed E-state index contributed by atoms with van der Waals surface area (Å²) in [6.07, 6.45) is 3.48. The van der Waals surface area contributed by atoms with E-state index in [1.165, 1.54) is 16.7 Å². The molecule has 19 heavy (non-hydrogen) atoms. The number of nitrogens with one attached hydrogen (secondary N) is 2. The highest BCUT2D eigenvalue weighted by molar-refractivity contribution is 7.92. The van der Waals surface area contributed by atoms with E-state index >= 15 is 0 Å². The number of aromatic amines is 1. The average molecular weight is 278 g/mol. The molecule has 0 saturated carbocycles. The fourth-order valence-electron chi connectivity index (χ4n) is 2.16. The Morgan fingerprint density at radius 1 is 1.26 bits per heavy atom. The number of para-hydroxylation sites is 2. The molecule has 2 heterocycles. The van der Waals surface area contributed by atoms with E-state index in [0.29, 0.717) is 12.2 Å². The van der Waals surface area contributed by atoms with Gasteiger partial charge < -0.3 is 5.32 Å². The van der Waals surface area contributed by atoms with Gasteiger partial charge in [-0.25, -0.2) is 8.42 Å². The zero-order valence-electron chi connectivity index (χ0n) is 10.2. The second-order valence-corrected chi connectivity index (χ2v) is 6.17. The molecule has 7 heteroatoms. The number of hydrogen-bond donors (Lipinski definition) is 2. The number of hydrogen-bond acceptors (Lipinski definition) is 4. The van der Waals surface area contributed by atoms with Gasteiger partial charge in [0.15, 0.2) is 0 Å². The first-order chi connectivity index (χ1) is 9.19. The van der Waals surface area contributed by atoms with Gasteiger partial charge in [0.25, 0.3) is 10.0 Å². The summed E-state index contributed by atoms with van der Waals surface area (Å²) in [6.45, 7) is 1.21. The fourth-order valence-corrected chi connectivity index (χ4v) is 3.59. The minimum atomic E-state index is -3.56. The summed E-state index contributed by atoms with van der Waals surface area (Å²) in [5.41, 5.74) is 1.52. The summed E-state index contributed by atoms with van der Waals surface area (Å²) in [6, 6.07) is 7.42. The van der Waals surface area contributed by atoms with Gasteiger partial charge in [0.1, 0.15) is 4.90 Å². The molecule has 0 unspecified atom stereocenters. The third-order valence-corrected chi connectivity index (χ3v) is 4.87. The number of benzene rings is 1. The van der Waals surface area contributed by atoms with E-state index in [4.69, 9.17) is 0 Å². The Hall–Kier alpha value is -2.02. The normalized spacial score (nSPS) is 15.5. The first kappa shape index (κ1) is 12.0. The minimum absolute atomic E-state index is 0.184. The first-order valence-electron chi connectivity index (χ1n) is 6.04. The Kier molecular flexibility index (Phi) is 2.90. The van der Waals surface area contributed by atoms with Gasteiger partial charge in [-0.1, -0.05) is 12.1 Å². The molecule has 2 N–H and O–H groups in total. The lowest BCUT2D eigenvalue weighted by Gasteiger charge is -2.23. The number of rotatable bonds is 2. The predicted octanol–water partition coefficient (Wildman–Crippen LogP) is 1.42. The Morgan fingerprint density at radius 2 is 2.11 bits per heavy atom. The van der Waals surface area contributed by atoms with E-state index in [1.54, 1.807) is 0 Å². The largest absolute Gasteiger partial charge is 0.383 e. The molecule has 0 saturated heterocycles. The Balaban J connectivity index is 2.10. The van der Waals surface area contributed by atoms with E-state index < -0.39 is 10.0 Å². The molecule has 1 aromatic carbocycles. The van der Waals surface area contributed by atoms with Crippen molar-refractivity contribution >= 4 is 21.4 Å². The summed E-state index contributed by atoms with van der Waals surface area (Å²) in [5, 5.41) is 9.50.